The molecule has 0 fully saturated rings. The number of methoxy groups -OCH3 is 2. The van der Waals surface area contributed by atoms with E-state index in [1.165, 1.54) is 19.2 Å². The summed E-state index contributed by atoms with van der Waals surface area (Å²) in [4.78, 5) is 11.6. The summed E-state index contributed by atoms with van der Waals surface area (Å²) >= 11 is 6.02. The fourth-order valence-corrected chi connectivity index (χ4v) is 1.75. The van der Waals surface area contributed by atoms with Crippen LogP contribution in [-0.2, 0) is 14.2 Å². The van der Waals surface area contributed by atoms with E-state index >= 15 is 0 Å². The van der Waals surface area contributed by atoms with Crippen LogP contribution in [0.15, 0.2) is 12.1 Å². The minimum Gasteiger partial charge on any atom is -0.489 e. The van der Waals surface area contributed by atoms with Gasteiger partial charge in [0.15, 0.2) is 5.75 Å². The smallest absolute Gasteiger partial charge is 0.341 e. The molecule has 1 aromatic carbocycles. The predicted octanol–water partition coefficient (Wildman–Crippen LogP) is 1.75. The van der Waals surface area contributed by atoms with Gasteiger partial charge in [-0.2, -0.15) is 0 Å². The summed E-state index contributed by atoms with van der Waals surface area (Å²) in [6, 6.07) is 2.97. The Morgan fingerprint density at radius 2 is 1.90 bits per heavy atom. The third-order valence-corrected chi connectivity index (χ3v) is 2.66. The van der Waals surface area contributed by atoms with Crippen LogP contribution in [0.2, 0.25) is 5.02 Å². The van der Waals surface area contributed by atoms with Crippen molar-refractivity contribution in [1.82, 2.24) is 0 Å². The lowest BCUT2D eigenvalue weighted by Gasteiger charge is -2.13. The van der Waals surface area contributed by atoms with E-state index in [2.05, 4.69) is 4.74 Å². The first kappa shape index (κ1) is 16.6. The third kappa shape index (κ3) is 4.88. The molecule has 0 aliphatic heterocycles. The number of halogens is 1. The Morgan fingerprint density at radius 1 is 1.20 bits per heavy atom. The summed E-state index contributed by atoms with van der Waals surface area (Å²) < 4.78 is 20.2. The SMILES string of the molecule is COCCOCCOc1c(Cl)cc(N)cc1C(=O)OC. The normalized spacial score (nSPS) is 10.3. The number of rotatable bonds is 8. The number of hydrogen-bond donors (Lipinski definition) is 1. The zero-order valence-corrected chi connectivity index (χ0v) is 12.2. The summed E-state index contributed by atoms with van der Waals surface area (Å²) in [5.74, 6) is -0.322. The molecule has 0 heterocycles. The molecule has 0 aromatic heterocycles. The Hall–Kier alpha value is -1.50. The minimum absolute atomic E-state index is 0.189. The first-order chi connectivity index (χ1) is 9.60. The van der Waals surface area contributed by atoms with E-state index < -0.39 is 5.97 Å². The van der Waals surface area contributed by atoms with Gasteiger partial charge < -0.3 is 24.7 Å². The highest BCUT2D eigenvalue weighted by molar-refractivity contribution is 6.33. The summed E-state index contributed by atoms with van der Waals surface area (Å²) in [7, 11) is 2.87. The lowest BCUT2D eigenvalue weighted by molar-refractivity contribution is 0.0524. The van der Waals surface area contributed by atoms with E-state index in [-0.39, 0.29) is 22.9 Å². The number of carbonyl (C=O) groups excluding carboxylic acids is 1. The van der Waals surface area contributed by atoms with Crippen LogP contribution < -0.4 is 10.5 Å². The van der Waals surface area contributed by atoms with Gasteiger partial charge in [0.05, 0.1) is 32.0 Å². The number of ether oxygens (including phenoxy) is 4. The molecule has 0 bridgehead atoms. The lowest BCUT2D eigenvalue weighted by Crippen LogP contribution is -2.13. The van der Waals surface area contributed by atoms with Crippen LogP contribution in [0.5, 0.6) is 5.75 Å². The molecule has 1 aromatic rings. The summed E-state index contributed by atoms with van der Waals surface area (Å²) in [6.45, 7) is 1.58. The molecule has 7 heteroatoms. The van der Waals surface area contributed by atoms with Crippen LogP contribution in [0.4, 0.5) is 5.69 Å². The highest BCUT2D eigenvalue weighted by Crippen LogP contribution is 2.32. The van der Waals surface area contributed by atoms with Crippen LogP contribution in [-0.4, -0.2) is 46.6 Å². The van der Waals surface area contributed by atoms with Gasteiger partial charge in [-0.05, 0) is 12.1 Å². The molecular formula is C13H18ClNO5. The maximum atomic E-state index is 11.6. The molecule has 0 spiro atoms. The van der Waals surface area contributed by atoms with Crippen molar-refractivity contribution in [2.45, 2.75) is 0 Å². The van der Waals surface area contributed by atoms with Crippen LogP contribution in [0.3, 0.4) is 0 Å². The quantitative estimate of drug-likeness (QED) is 0.448. The highest BCUT2D eigenvalue weighted by Gasteiger charge is 2.17. The average molecular weight is 304 g/mol. The summed E-state index contributed by atoms with van der Waals surface area (Å²) in [5, 5.41) is 0.252. The van der Waals surface area contributed by atoms with Crippen LogP contribution in [0, 0.1) is 0 Å². The first-order valence-corrected chi connectivity index (χ1v) is 6.34. The molecule has 1 rings (SSSR count). The Bertz CT molecular complexity index is 453. The third-order valence-electron chi connectivity index (χ3n) is 2.38. The molecule has 2 N–H and O–H groups in total. The zero-order chi connectivity index (χ0) is 15.0. The number of nitrogen functional groups attached to an aromatic ring is 1. The van der Waals surface area contributed by atoms with Crippen molar-refractivity contribution in [3.8, 4) is 5.75 Å². The van der Waals surface area contributed by atoms with E-state index in [0.29, 0.717) is 25.5 Å². The van der Waals surface area contributed by atoms with Gasteiger partial charge >= 0.3 is 5.97 Å². The Kier molecular flexibility index (Phi) is 7.14. The van der Waals surface area contributed by atoms with Crippen molar-refractivity contribution < 1.29 is 23.7 Å². The average Bonchev–Trinajstić information content (AvgIpc) is 2.43. The summed E-state index contributed by atoms with van der Waals surface area (Å²) in [5.41, 5.74) is 6.19. The molecule has 0 saturated carbocycles. The minimum atomic E-state index is -0.561. The van der Waals surface area contributed by atoms with Crippen molar-refractivity contribution in [3.05, 3.63) is 22.7 Å². The van der Waals surface area contributed by atoms with Crippen molar-refractivity contribution in [2.75, 3.05) is 46.4 Å². The largest absolute Gasteiger partial charge is 0.489 e. The van der Waals surface area contributed by atoms with Gasteiger partial charge in [0, 0.05) is 12.8 Å². The molecule has 0 unspecified atom stereocenters. The monoisotopic (exact) mass is 303 g/mol. The van der Waals surface area contributed by atoms with E-state index in [0.717, 1.165) is 0 Å². The van der Waals surface area contributed by atoms with E-state index in [1.54, 1.807) is 7.11 Å². The Morgan fingerprint density at radius 3 is 2.55 bits per heavy atom. The van der Waals surface area contributed by atoms with Gasteiger partial charge in [-0.15, -0.1) is 0 Å². The van der Waals surface area contributed by atoms with Gasteiger partial charge in [-0.25, -0.2) is 4.79 Å². The maximum Gasteiger partial charge on any atom is 0.341 e. The molecule has 0 saturated heterocycles. The molecule has 0 amide bonds. The highest BCUT2D eigenvalue weighted by atomic mass is 35.5. The standard InChI is InChI=1S/C13H18ClNO5/c1-17-3-4-19-5-6-20-12-10(13(16)18-2)7-9(15)8-11(12)14/h7-8H,3-6,15H2,1-2H3. The van der Waals surface area contributed by atoms with Gasteiger partial charge in [-0.3, -0.25) is 0 Å². The number of anilines is 1. The van der Waals surface area contributed by atoms with Crippen molar-refractivity contribution in [3.63, 3.8) is 0 Å². The van der Waals surface area contributed by atoms with E-state index in [1.807, 2.05) is 0 Å². The number of esters is 1. The number of nitrogens with two attached hydrogens (primary N) is 1. The molecule has 0 aliphatic carbocycles. The second kappa shape index (κ2) is 8.63. The number of benzene rings is 1. The number of carbonyl (C=O) groups is 1. The molecule has 112 valence electrons. The van der Waals surface area contributed by atoms with Gasteiger partial charge in [-0.1, -0.05) is 11.6 Å². The topological polar surface area (TPSA) is 80.0 Å². The fourth-order valence-electron chi connectivity index (χ4n) is 1.47. The van der Waals surface area contributed by atoms with Gasteiger partial charge in [0.1, 0.15) is 12.2 Å². The van der Waals surface area contributed by atoms with Crippen LogP contribution in [0.25, 0.3) is 0 Å². The molecule has 0 radical (unpaired) electrons. The second-order valence-corrected chi connectivity index (χ2v) is 4.23. The number of hydrogen-bond acceptors (Lipinski definition) is 6. The van der Waals surface area contributed by atoms with Crippen molar-refractivity contribution in [1.29, 1.82) is 0 Å². The molecule has 6 nitrogen and oxygen atoms in total. The first-order valence-electron chi connectivity index (χ1n) is 5.97. The molecule has 0 atom stereocenters. The summed E-state index contributed by atoms with van der Waals surface area (Å²) in [6.07, 6.45) is 0. The van der Waals surface area contributed by atoms with E-state index in [9.17, 15) is 4.79 Å². The Labute approximate surface area is 122 Å². The van der Waals surface area contributed by atoms with Crippen molar-refractivity contribution >= 4 is 23.3 Å². The second-order valence-electron chi connectivity index (χ2n) is 3.82. The molecule has 20 heavy (non-hydrogen) atoms. The molecular weight excluding hydrogens is 286 g/mol. The van der Waals surface area contributed by atoms with Crippen molar-refractivity contribution in [2.24, 2.45) is 0 Å². The van der Waals surface area contributed by atoms with Crippen LogP contribution in [0.1, 0.15) is 10.4 Å². The predicted molar refractivity (Wildman–Crippen MR) is 75.4 cm³/mol. The van der Waals surface area contributed by atoms with Gasteiger partial charge in [0.2, 0.25) is 0 Å². The maximum absolute atomic E-state index is 11.6. The zero-order valence-electron chi connectivity index (χ0n) is 11.5. The van der Waals surface area contributed by atoms with E-state index in [4.69, 9.17) is 31.5 Å². The van der Waals surface area contributed by atoms with Gasteiger partial charge in [0.25, 0.3) is 0 Å². The fraction of sp³-hybridized carbons (Fsp3) is 0.462. The van der Waals surface area contributed by atoms with Crippen LogP contribution >= 0.6 is 11.6 Å². The lowest BCUT2D eigenvalue weighted by atomic mass is 10.2. The molecule has 0 aliphatic rings. The Balaban J connectivity index is 2.66.